The molecule has 5 heteroatoms. The molecule has 1 fully saturated rings. The van der Waals surface area contributed by atoms with Crippen LogP contribution in [-0.4, -0.2) is 42.2 Å². The van der Waals surface area contributed by atoms with Gasteiger partial charge < -0.3 is 15.2 Å². The van der Waals surface area contributed by atoms with Gasteiger partial charge in [-0.05, 0) is 0 Å². The standard InChI is InChI=1S/C7H11NO4/c1-5(10)6(11)8-7(2-9)3-12-4-7/h9H,2-4H2,1H3,(H,8,11). The predicted octanol–water partition coefficient (Wildman–Crippen LogP) is -1.55. The summed E-state index contributed by atoms with van der Waals surface area (Å²) in [6, 6.07) is 0. The van der Waals surface area contributed by atoms with Gasteiger partial charge in [-0.15, -0.1) is 0 Å². The highest BCUT2D eigenvalue weighted by Gasteiger charge is 2.40. The highest BCUT2D eigenvalue weighted by atomic mass is 16.5. The third kappa shape index (κ3) is 1.62. The van der Waals surface area contributed by atoms with Crippen molar-refractivity contribution in [1.29, 1.82) is 0 Å². The van der Waals surface area contributed by atoms with Crippen molar-refractivity contribution >= 4 is 11.7 Å². The molecule has 0 spiro atoms. The number of amides is 1. The van der Waals surface area contributed by atoms with Crippen LogP contribution in [0.3, 0.4) is 0 Å². The molecule has 1 aliphatic heterocycles. The zero-order valence-electron chi connectivity index (χ0n) is 6.79. The zero-order valence-corrected chi connectivity index (χ0v) is 6.79. The molecule has 0 atom stereocenters. The topological polar surface area (TPSA) is 75.6 Å². The van der Waals surface area contributed by atoms with Crippen LogP contribution in [0.4, 0.5) is 0 Å². The van der Waals surface area contributed by atoms with Crippen LogP contribution in [0.25, 0.3) is 0 Å². The zero-order chi connectivity index (χ0) is 9.19. The molecule has 0 bridgehead atoms. The molecule has 5 nitrogen and oxygen atoms in total. The Morgan fingerprint density at radius 2 is 2.17 bits per heavy atom. The first-order valence-corrected chi connectivity index (χ1v) is 3.61. The second-order valence-corrected chi connectivity index (χ2v) is 2.94. The average Bonchev–Trinajstić information content (AvgIpc) is 1.96. The Morgan fingerprint density at radius 1 is 1.58 bits per heavy atom. The summed E-state index contributed by atoms with van der Waals surface area (Å²) in [6.07, 6.45) is 0. The van der Waals surface area contributed by atoms with Crippen molar-refractivity contribution in [2.75, 3.05) is 19.8 Å². The number of ether oxygens (including phenoxy) is 1. The molecule has 0 aromatic carbocycles. The Bertz CT molecular complexity index is 204. The minimum Gasteiger partial charge on any atom is -0.394 e. The van der Waals surface area contributed by atoms with Crippen LogP contribution in [-0.2, 0) is 14.3 Å². The summed E-state index contributed by atoms with van der Waals surface area (Å²) < 4.78 is 4.82. The van der Waals surface area contributed by atoms with E-state index in [1.54, 1.807) is 0 Å². The SMILES string of the molecule is CC(=O)C(=O)NC1(CO)COC1. The van der Waals surface area contributed by atoms with Gasteiger partial charge in [-0.25, -0.2) is 0 Å². The van der Waals surface area contributed by atoms with E-state index in [1.807, 2.05) is 0 Å². The van der Waals surface area contributed by atoms with Crippen LogP contribution in [0.15, 0.2) is 0 Å². The molecule has 1 heterocycles. The van der Waals surface area contributed by atoms with E-state index in [4.69, 9.17) is 9.84 Å². The quantitative estimate of drug-likeness (QED) is 0.507. The Kier molecular flexibility index (Phi) is 2.44. The summed E-state index contributed by atoms with van der Waals surface area (Å²) in [4.78, 5) is 21.4. The van der Waals surface area contributed by atoms with Crippen molar-refractivity contribution < 1.29 is 19.4 Å². The number of carbonyl (C=O) groups is 2. The average molecular weight is 173 g/mol. The van der Waals surface area contributed by atoms with E-state index in [0.29, 0.717) is 0 Å². The fourth-order valence-electron chi connectivity index (χ4n) is 0.880. The normalized spacial score (nSPS) is 19.5. The fourth-order valence-corrected chi connectivity index (χ4v) is 0.880. The molecule has 0 aliphatic carbocycles. The third-order valence-corrected chi connectivity index (χ3v) is 1.76. The number of nitrogens with one attached hydrogen (secondary N) is 1. The molecule has 1 amide bonds. The molecular formula is C7H11NO4. The van der Waals surface area contributed by atoms with Gasteiger partial charge in [0.05, 0.1) is 19.8 Å². The van der Waals surface area contributed by atoms with E-state index in [1.165, 1.54) is 6.92 Å². The Hall–Kier alpha value is -0.940. The first kappa shape index (κ1) is 9.15. The van der Waals surface area contributed by atoms with Crippen molar-refractivity contribution in [2.24, 2.45) is 0 Å². The van der Waals surface area contributed by atoms with Crippen LogP contribution in [0.2, 0.25) is 0 Å². The maximum Gasteiger partial charge on any atom is 0.287 e. The third-order valence-electron chi connectivity index (χ3n) is 1.76. The van der Waals surface area contributed by atoms with Crippen molar-refractivity contribution in [3.8, 4) is 0 Å². The number of carbonyl (C=O) groups excluding carboxylic acids is 2. The van der Waals surface area contributed by atoms with E-state index >= 15 is 0 Å². The van der Waals surface area contributed by atoms with E-state index in [0.717, 1.165) is 0 Å². The van der Waals surface area contributed by atoms with Gasteiger partial charge >= 0.3 is 0 Å². The van der Waals surface area contributed by atoms with Gasteiger partial charge in [0.15, 0.2) is 0 Å². The summed E-state index contributed by atoms with van der Waals surface area (Å²) in [6.45, 7) is 1.51. The predicted molar refractivity (Wildman–Crippen MR) is 39.5 cm³/mol. The molecule has 1 aliphatic rings. The van der Waals surface area contributed by atoms with Gasteiger partial charge in [0.1, 0.15) is 5.54 Å². The van der Waals surface area contributed by atoms with E-state index in [2.05, 4.69) is 5.32 Å². The lowest BCUT2D eigenvalue weighted by molar-refractivity contribution is -0.146. The summed E-state index contributed by atoms with van der Waals surface area (Å²) in [7, 11) is 0. The lowest BCUT2D eigenvalue weighted by Gasteiger charge is -2.40. The molecule has 12 heavy (non-hydrogen) atoms. The molecule has 1 rings (SSSR count). The Labute approximate surface area is 69.7 Å². The number of rotatable bonds is 3. The van der Waals surface area contributed by atoms with Crippen molar-refractivity contribution in [3.63, 3.8) is 0 Å². The smallest absolute Gasteiger partial charge is 0.287 e. The molecule has 0 radical (unpaired) electrons. The minimum atomic E-state index is -0.719. The molecule has 0 unspecified atom stereocenters. The van der Waals surface area contributed by atoms with Gasteiger partial charge in [-0.2, -0.15) is 0 Å². The fraction of sp³-hybridized carbons (Fsp3) is 0.714. The van der Waals surface area contributed by atoms with E-state index in [-0.39, 0.29) is 19.8 Å². The second-order valence-electron chi connectivity index (χ2n) is 2.94. The maximum absolute atomic E-state index is 10.9. The summed E-state index contributed by atoms with van der Waals surface area (Å²) in [5.74, 6) is -1.23. The Balaban J connectivity index is 2.48. The van der Waals surface area contributed by atoms with Crippen LogP contribution in [0.5, 0.6) is 0 Å². The van der Waals surface area contributed by atoms with Crippen LogP contribution in [0, 0.1) is 0 Å². The summed E-state index contributed by atoms with van der Waals surface area (Å²) in [5, 5.41) is 11.3. The minimum absolute atomic E-state index is 0.202. The number of hydrogen-bond donors (Lipinski definition) is 2. The maximum atomic E-state index is 10.9. The van der Waals surface area contributed by atoms with Crippen LogP contribution < -0.4 is 5.32 Å². The molecule has 68 valence electrons. The van der Waals surface area contributed by atoms with Crippen molar-refractivity contribution in [2.45, 2.75) is 12.5 Å². The molecule has 0 saturated carbocycles. The van der Waals surface area contributed by atoms with Gasteiger partial charge in [-0.1, -0.05) is 0 Å². The molecule has 2 N–H and O–H groups in total. The first-order valence-electron chi connectivity index (χ1n) is 3.61. The van der Waals surface area contributed by atoms with Gasteiger partial charge in [0.25, 0.3) is 5.91 Å². The number of aliphatic hydroxyl groups is 1. The lowest BCUT2D eigenvalue weighted by Crippen LogP contribution is -2.65. The van der Waals surface area contributed by atoms with E-state index in [9.17, 15) is 9.59 Å². The van der Waals surface area contributed by atoms with E-state index < -0.39 is 17.2 Å². The number of ketones is 1. The van der Waals surface area contributed by atoms with Gasteiger partial charge in [-0.3, -0.25) is 9.59 Å². The van der Waals surface area contributed by atoms with Gasteiger partial charge in [0.2, 0.25) is 5.78 Å². The summed E-state index contributed by atoms with van der Waals surface area (Å²) in [5.41, 5.74) is -0.719. The number of Topliss-reactive ketones (excluding diaryl/α,β-unsaturated/α-hetero) is 1. The molecule has 1 saturated heterocycles. The number of aliphatic hydroxyl groups excluding tert-OH is 1. The summed E-state index contributed by atoms with van der Waals surface area (Å²) >= 11 is 0. The molecule has 0 aromatic rings. The lowest BCUT2D eigenvalue weighted by atomic mass is 9.99. The molecular weight excluding hydrogens is 162 g/mol. The highest BCUT2D eigenvalue weighted by Crippen LogP contribution is 2.15. The monoisotopic (exact) mass is 173 g/mol. The Morgan fingerprint density at radius 3 is 2.42 bits per heavy atom. The largest absolute Gasteiger partial charge is 0.394 e. The van der Waals surface area contributed by atoms with Crippen molar-refractivity contribution in [1.82, 2.24) is 5.32 Å². The van der Waals surface area contributed by atoms with Crippen molar-refractivity contribution in [3.05, 3.63) is 0 Å². The first-order chi connectivity index (χ1) is 5.59. The van der Waals surface area contributed by atoms with Crippen LogP contribution in [0.1, 0.15) is 6.92 Å². The van der Waals surface area contributed by atoms with Crippen LogP contribution >= 0.6 is 0 Å². The number of hydrogen-bond acceptors (Lipinski definition) is 4. The molecule has 0 aromatic heterocycles. The second kappa shape index (κ2) is 3.20. The van der Waals surface area contributed by atoms with Gasteiger partial charge in [0, 0.05) is 6.92 Å². The highest BCUT2D eigenvalue weighted by molar-refractivity contribution is 6.35.